The molecule has 7 nitrogen and oxygen atoms in total. The second-order valence-corrected chi connectivity index (χ2v) is 9.61. The molecule has 1 N–H and O–H groups in total. The minimum atomic E-state index is -0.987. The van der Waals surface area contributed by atoms with Crippen molar-refractivity contribution in [1.82, 2.24) is 14.8 Å². The summed E-state index contributed by atoms with van der Waals surface area (Å²) in [5.74, 6) is -0.781. The van der Waals surface area contributed by atoms with E-state index in [0.717, 1.165) is 33.2 Å². The van der Waals surface area contributed by atoms with Gasteiger partial charge in [-0.2, -0.15) is 0 Å². The molecule has 1 fully saturated rings. The number of hydrogen-bond donors (Lipinski definition) is 1. The molecule has 1 atom stereocenters. The number of aromatic amines is 1. The van der Waals surface area contributed by atoms with Gasteiger partial charge in [0.05, 0.1) is 13.0 Å². The van der Waals surface area contributed by atoms with E-state index in [0.29, 0.717) is 13.0 Å². The molecule has 1 unspecified atom stereocenters. The quantitative estimate of drug-likeness (QED) is 0.501. The third-order valence-electron chi connectivity index (χ3n) is 6.72. The minimum Gasteiger partial charge on any atom is -0.465 e. The number of fused-ring (bicyclic) bond motifs is 1. The van der Waals surface area contributed by atoms with E-state index in [1.54, 1.807) is 18.7 Å². The molecular formula is C28H33N3O4. The summed E-state index contributed by atoms with van der Waals surface area (Å²) in [5.41, 5.74) is 4.03. The van der Waals surface area contributed by atoms with Gasteiger partial charge >= 0.3 is 5.97 Å². The van der Waals surface area contributed by atoms with Gasteiger partial charge in [0.2, 0.25) is 11.8 Å². The molecule has 0 bridgehead atoms. The average Bonchev–Trinajstić information content (AvgIpc) is 3.24. The van der Waals surface area contributed by atoms with E-state index >= 15 is 0 Å². The fourth-order valence-electron chi connectivity index (χ4n) is 4.94. The summed E-state index contributed by atoms with van der Waals surface area (Å²) in [6, 6.07) is 14.0. The summed E-state index contributed by atoms with van der Waals surface area (Å²) in [4.78, 5) is 45.7. The lowest BCUT2D eigenvalue weighted by Crippen LogP contribution is -2.68. The summed E-state index contributed by atoms with van der Waals surface area (Å²) in [6.07, 6.45) is 2.66. The standard InChI is InChI=1S/C28H33N3O4/c1-5-35-26(33)18-30(17-21-6-7-23-8-10-29-24(23)15-21)27(34)28(4)9-11-31(28)25(32)16-22-13-19(2)12-20(3)14-22/h6-8,10,12-15,29H,5,9,11,16-18H2,1-4H3. The SMILES string of the molecule is CCOC(=O)CN(Cc1ccc2cc[nH]c2c1)C(=O)C1(C)CCN1C(=O)Cc1cc(C)cc(C)c1. The monoisotopic (exact) mass is 475 g/mol. The number of nitrogens with zero attached hydrogens (tertiary/aromatic N) is 2. The first-order valence-corrected chi connectivity index (χ1v) is 12.1. The van der Waals surface area contributed by atoms with Crippen LogP contribution in [-0.4, -0.2) is 57.8 Å². The van der Waals surface area contributed by atoms with Gasteiger partial charge in [-0.1, -0.05) is 41.5 Å². The first-order chi connectivity index (χ1) is 16.7. The van der Waals surface area contributed by atoms with Crippen molar-refractivity contribution in [2.24, 2.45) is 0 Å². The van der Waals surface area contributed by atoms with Gasteiger partial charge in [-0.25, -0.2) is 0 Å². The molecule has 7 heteroatoms. The molecule has 1 aliphatic heterocycles. The first kappa shape index (κ1) is 24.5. The molecule has 0 aliphatic carbocycles. The van der Waals surface area contributed by atoms with Crippen LogP contribution in [-0.2, 0) is 32.1 Å². The van der Waals surface area contributed by atoms with Gasteiger partial charge in [0, 0.05) is 24.8 Å². The Morgan fingerprint density at radius 1 is 1.06 bits per heavy atom. The van der Waals surface area contributed by atoms with Crippen LogP contribution in [0, 0.1) is 13.8 Å². The number of aryl methyl sites for hydroxylation is 2. The van der Waals surface area contributed by atoms with E-state index in [1.165, 1.54) is 4.90 Å². The Hall–Kier alpha value is -3.61. The fraction of sp³-hybridized carbons (Fsp3) is 0.393. The van der Waals surface area contributed by atoms with Crippen molar-refractivity contribution in [2.75, 3.05) is 19.7 Å². The smallest absolute Gasteiger partial charge is 0.325 e. The van der Waals surface area contributed by atoms with Gasteiger partial charge in [-0.05, 0) is 62.8 Å². The number of esters is 1. The van der Waals surface area contributed by atoms with E-state index in [-0.39, 0.29) is 37.9 Å². The van der Waals surface area contributed by atoms with Crippen LogP contribution in [0.2, 0.25) is 0 Å². The number of carbonyl (C=O) groups excluding carboxylic acids is 3. The Kier molecular flexibility index (Phi) is 6.96. The molecule has 1 aromatic heterocycles. The lowest BCUT2D eigenvalue weighted by molar-refractivity contribution is -0.166. The van der Waals surface area contributed by atoms with Gasteiger partial charge < -0.3 is 19.5 Å². The number of amides is 2. The van der Waals surface area contributed by atoms with E-state index in [9.17, 15) is 14.4 Å². The first-order valence-electron chi connectivity index (χ1n) is 12.1. The van der Waals surface area contributed by atoms with Gasteiger partial charge in [-0.3, -0.25) is 14.4 Å². The molecule has 1 aliphatic rings. The molecule has 3 aromatic rings. The number of nitrogens with one attached hydrogen (secondary N) is 1. The molecule has 2 amide bonds. The maximum atomic E-state index is 13.8. The van der Waals surface area contributed by atoms with Gasteiger partial charge in [-0.15, -0.1) is 0 Å². The molecule has 35 heavy (non-hydrogen) atoms. The lowest BCUT2D eigenvalue weighted by atomic mass is 9.84. The summed E-state index contributed by atoms with van der Waals surface area (Å²) in [7, 11) is 0. The number of H-pyrrole nitrogens is 1. The van der Waals surface area contributed by atoms with E-state index in [2.05, 4.69) is 11.1 Å². The number of carbonyl (C=O) groups is 3. The van der Waals surface area contributed by atoms with Crippen molar-refractivity contribution < 1.29 is 19.1 Å². The van der Waals surface area contributed by atoms with E-state index in [4.69, 9.17) is 4.74 Å². The Labute approximate surface area is 206 Å². The Balaban J connectivity index is 1.54. The molecule has 0 spiro atoms. The Bertz CT molecular complexity index is 1240. The maximum absolute atomic E-state index is 13.8. The zero-order valence-corrected chi connectivity index (χ0v) is 20.9. The molecule has 2 aromatic carbocycles. The summed E-state index contributed by atoms with van der Waals surface area (Å²) in [6.45, 7) is 8.41. The second-order valence-electron chi connectivity index (χ2n) is 9.61. The van der Waals surface area contributed by atoms with Gasteiger partial charge in [0.1, 0.15) is 12.1 Å². The van der Waals surface area contributed by atoms with Crippen LogP contribution in [0.5, 0.6) is 0 Å². The highest BCUT2D eigenvalue weighted by Gasteiger charge is 2.51. The van der Waals surface area contributed by atoms with Gasteiger partial charge in [0.15, 0.2) is 0 Å². The highest BCUT2D eigenvalue weighted by Crippen LogP contribution is 2.34. The topological polar surface area (TPSA) is 82.7 Å². The van der Waals surface area contributed by atoms with Crippen LogP contribution in [0.15, 0.2) is 48.7 Å². The largest absolute Gasteiger partial charge is 0.465 e. The fourth-order valence-corrected chi connectivity index (χ4v) is 4.94. The zero-order valence-electron chi connectivity index (χ0n) is 20.9. The number of hydrogen-bond acceptors (Lipinski definition) is 4. The molecule has 2 heterocycles. The number of aromatic nitrogens is 1. The van der Waals surface area contributed by atoms with Crippen LogP contribution in [0.25, 0.3) is 10.9 Å². The van der Waals surface area contributed by atoms with Crippen molar-refractivity contribution in [3.05, 3.63) is 70.9 Å². The van der Waals surface area contributed by atoms with Crippen molar-refractivity contribution in [1.29, 1.82) is 0 Å². The van der Waals surface area contributed by atoms with E-state index < -0.39 is 11.5 Å². The van der Waals surface area contributed by atoms with Crippen LogP contribution in [0.3, 0.4) is 0 Å². The van der Waals surface area contributed by atoms with Crippen molar-refractivity contribution in [3.63, 3.8) is 0 Å². The minimum absolute atomic E-state index is 0.0824. The molecular weight excluding hydrogens is 442 g/mol. The Morgan fingerprint density at radius 3 is 2.46 bits per heavy atom. The van der Waals surface area contributed by atoms with Crippen LogP contribution in [0.1, 0.15) is 42.5 Å². The molecule has 1 saturated heterocycles. The predicted octanol–water partition coefficient (Wildman–Crippen LogP) is 3.91. The Morgan fingerprint density at radius 2 is 1.80 bits per heavy atom. The van der Waals surface area contributed by atoms with E-state index in [1.807, 2.05) is 56.4 Å². The normalized spacial score (nSPS) is 17.2. The second kappa shape index (κ2) is 9.94. The molecule has 0 saturated carbocycles. The van der Waals surface area contributed by atoms with Crippen LogP contribution in [0.4, 0.5) is 0 Å². The summed E-state index contributed by atoms with van der Waals surface area (Å²) >= 11 is 0. The highest BCUT2D eigenvalue weighted by atomic mass is 16.5. The third kappa shape index (κ3) is 5.24. The van der Waals surface area contributed by atoms with Crippen molar-refractivity contribution in [2.45, 2.75) is 52.6 Å². The number of ether oxygens (including phenoxy) is 1. The lowest BCUT2D eigenvalue weighted by Gasteiger charge is -2.51. The number of likely N-dealkylation sites (tertiary alicyclic amines) is 1. The van der Waals surface area contributed by atoms with Crippen LogP contribution >= 0.6 is 0 Å². The average molecular weight is 476 g/mol. The molecule has 0 radical (unpaired) electrons. The van der Waals surface area contributed by atoms with Crippen molar-refractivity contribution >= 4 is 28.7 Å². The summed E-state index contributed by atoms with van der Waals surface area (Å²) in [5, 5.41) is 1.08. The third-order valence-corrected chi connectivity index (χ3v) is 6.72. The summed E-state index contributed by atoms with van der Waals surface area (Å²) < 4.78 is 5.14. The van der Waals surface area contributed by atoms with Gasteiger partial charge in [0.25, 0.3) is 0 Å². The maximum Gasteiger partial charge on any atom is 0.325 e. The van der Waals surface area contributed by atoms with Crippen molar-refractivity contribution in [3.8, 4) is 0 Å². The molecule has 184 valence electrons. The number of rotatable bonds is 8. The zero-order chi connectivity index (χ0) is 25.2. The predicted molar refractivity (Wildman–Crippen MR) is 135 cm³/mol. The highest BCUT2D eigenvalue weighted by molar-refractivity contribution is 5.95. The number of benzene rings is 2. The van der Waals surface area contributed by atoms with Crippen LogP contribution < -0.4 is 0 Å². The molecule has 4 rings (SSSR count).